The van der Waals surface area contributed by atoms with Crippen LogP contribution in [0, 0.1) is 5.92 Å². The number of nitrogens with one attached hydrogen (secondary N) is 2. The molecule has 0 aromatic carbocycles. The van der Waals surface area contributed by atoms with Crippen molar-refractivity contribution >= 4 is 11.9 Å². The molecule has 1 aliphatic carbocycles. The Morgan fingerprint density at radius 2 is 2.12 bits per heavy atom. The number of carbonyl (C=O) groups is 2. The SMILES string of the molecule is COC(=O)C(C)CNCCC(=O)NC1CC1. The molecule has 1 saturated carbocycles. The van der Waals surface area contributed by atoms with Crippen LogP contribution in [0.3, 0.4) is 0 Å². The van der Waals surface area contributed by atoms with Crippen molar-refractivity contribution < 1.29 is 14.3 Å². The van der Waals surface area contributed by atoms with E-state index in [0.29, 0.717) is 25.6 Å². The molecule has 92 valence electrons. The summed E-state index contributed by atoms with van der Waals surface area (Å²) in [5, 5.41) is 5.97. The van der Waals surface area contributed by atoms with E-state index < -0.39 is 0 Å². The summed E-state index contributed by atoms with van der Waals surface area (Å²) in [6.07, 6.45) is 2.68. The molecule has 1 unspecified atom stereocenters. The van der Waals surface area contributed by atoms with Gasteiger partial charge in [0.2, 0.25) is 5.91 Å². The molecular formula is C11H20N2O3. The second-order valence-corrected chi connectivity index (χ2v) is 4.22. The molecular weight excluding hydrogens is 208 g/mol. The molecule has 1 atom stereocenters. The summed E-state index contributed by atoms with van der Waals surface area (Å²) in [4.78, 5) is 22.3. The van der Waals surface area contributed by atoms with Crippen LogP contribution in [0.25, 0.3) is 0 Å². The second-order valence-electron chi connectivity index (χ2n) is 4.22. The normalized spacial score (nSPS) is 16.6. The van der Waals surface area contributed by atoms with E-state index in [-0.39, 0.29) is 17.8 Å². The maximum absolute atomic E-state index is 11.3. The van der Waals surface area contributed by atoms with Crippen LogP contribution in [0.1, 0.15) is 26.2 Å². The average Bonchev–Trinajstić information content (AvgIpc) is 3.06. The lowest BCUT2D eigenvalue weighted by Gasteiger charge is -2.10. The van der Waals surface area contributed by atoms with Crippen LogP contribution in [0.2, 0.25) is 0 Å². The molecule has 1 amide bonds. The topological polar surface area (TPSA) is 67.4 Å². The first kappa shape index (κ1) is 13.0. The number of hydrogen-bond donors (Lipinski definition) is 2. The second kappa shape index (κ2) is 6.48. The number of methoxy groups -OCH3 is 1. The smallest absolute Gasteiger partial charge is 0.309 e. The van der Waals surface area contributed by atoms with Crippen LogP contribution in [-0.2, 0) is 14.3 Å². The van der Waals surface area contributed by atoms with Crippen molar-refractivity contribution in [1.82, 2.24) is 10.6 Å². The van der Waals surface area contributed by atoms with Gasteiger partial charge >= 0.3 is 5.97 Å². The molecule has 1 aliphatic rings. The Morgan fingerprint density at radius 3 is 2.69 bits per heavy atom. The van der Waals surface area contributed by atoms with Crippen molar-refractivity contribution in [1.29, 1.82) is 0 Å². The molecule has 0 aliphatic heterocycles. The maximum Gasteiger partial charge on any atom is 0.309 e. The molecule has 0 bridgehead atoms. The molecule has 5 nitrogen and oxygen atoms in total. The summed E-state index contributed by atoms with van der Waals surface area (Å²) >= 11 is 0. The van der Waals surface area contributed by atoms with Crippen LogP contribution >= 0.6 is 0 Å². The van der Waals surface area contributed by atoms with E-state index in [1.807, 2.05) is 0 Å². The minimum atomic E-state index is -0.227. The van der Waals surface area contributed by atoms with Crippen LogP contribution in [0.4, 0.5) is 0 Å². The van der Waals surface area contributed by atoms with E-state index in [0.717, 1.165) is 12.8 Å². The summed E-state index contributed by atoms with van der Waals surface area (Å²) in [5.74, 6) is -0.313. The molecule has 5 heteroatoms. The van der Waals surface area contributed by atoms with Crippen LogP contribution in [-0.4, -0.2) is 38.1 Å². The van der Waals surface area contributed by atoms with Crippen molar-refractivity contribution in [3.05, 3.63) is 0 Å². The van der Waals surface area contributed by atoms with E-state index in [9.17, 15) is 9.59 Å². The fraction of sp³-hybridized carbons (Fsp3) is 0.818. The number of amides is 1. The Balaban J connectivity index is 1.97. The van der Waals surface area contributed by atoms with Gasteiger partial charge in [-0.25, -0.2) is 0 Å². The highest BCUT2D eigenvalue weighted by Gasteiger charge is 2.22. The molecule has 2 N–H and O–H groups in total. The first-order chi connectivity index (χ1) is 7.63. The van der Waals surface area contributed by atoms with E-state index in [1.165, 1.54) is 7.11 Å². The Kier molecular flexibility index (Phi) is 5.25. The zero-order valence-corrected chi connectivity index (χ0v) is 9.91. The largest absolute Gasteiger partial charge is 0.469 e. The van der Waals surface area contributed by atoms with Crippen LogP contribution in [0.5, 0.6) is 0 Å². The third kappa shape index (κ3) is 5.11. The van der Waals surface area contributed by atoms with Gasteiger partial charge < -0.3 is 15.4 Å². The standard InChI is InChI=1S/C11H20N2O3/c1-8(11(15)16-2)7-12-6-5-10(14)13-9-3-4-9/h8-9,12H,3-7H2,1-2H3,(H,13,14). The third-order valence-corrected chi connectivity index (χ3v) is 2.53. The molecule has 0 heterocycles. The Hall–Kier alpha value is -1.10. The number of hydrogen-bond acceptors (Lipinski definition) is 4. The summed E-state index contributed by atoms with van der Waals surface area (Å²) in [6.45, 7) is 2.94. The van der Waals surface area contributed by atoms with Gasteiger partial charge in [0.05, 0.1) is 13.0 Å². The zero-order chi connectivity index (χ0) is 12.0. The zero-order valence-electron chi connectivity index (χ0n) is 9.91. The lowest BCUT2D eigenvalue weighted by Crippen LogP contribution is -2.32. The van der Waals surface area contributed by atoms with Crippen molar-refractivity contribution in [2.24, 2.45) is 5.92 Å². The summed E-state index contributed by atoms with van der Waals surface area (Å²) < 4.78 is 4.59. The van der Waals surface area contributed by atoms with Crippen molar-refractivity contribution in [2.75, 3.05) is 20.2 Å². The monoisotopic (exact) mass is 228 g/mol. The lowest BCUT2D eigenvalue weighted by atomic mass is 10.2. The molecule has 1 rings (SSSR count). The van der Waals surface area contributed by atoms with Gasteiger partial charge in [0.25, 0.3) is 0 Å². The van der Waals surface area contributed by atoms with Gasteiger partial charge in [-0.05, 0) is 12.8 Å². The number of ether oxygens (including phenoxy) is 1. The number of esters is 1. The van der Waals surface area contributed by atoms with Crippen molar-refractivity contribution in [3.8, 4) is 0 Å². The highest BCUT2D eigenvalue weighted by Crippen LogP contribution is 2.18. The van der Waals surface area contributed by atoms with Crippen molar-refractivity contribution in [2.45, 2.75) is 32.2 Å². The van der Waals surface area contributed by atoms with Gasteiger partial charge in [-0.15, -0.1) is 0 Å². The average molecular weight is 228 g/mol. The Morgan fingerprint density at radius 1 is 1.44 bits per heavy atom. The van der Waals surface area contributed by atoms with Gasteiger partial charge in [0.1, 0.15) is 0 Å². The van der Waals surface area contributed by atoms with Crippen molar-refractivity contribution in [3.63, 3.8) is 0 Å². The van der Waals surface area contributed by atoms with E-state index in [2.05, 4.69) is 15.4 Å². The molecule has 0 spiro atoms. The van der Waals surface area contributed by atoms with E-state index >= 15 is 0 Å². The van der Waals surface area contributed by atoms with Gasteiger partial charge in [-0.2, -0.15) is 0 Å². The highest BCUT2D eigenvalue weighted by molar-refractivity contribution is 5.76. The third-order valence-electron chi connectivity index (χ3n) is 2.53. The minimum Gasteiger partial charge on any atom is -0.469 e. The molecule has 1 fully saturated rings. The Labute approximate surface area is 95.9 Å². The maximum atomic E-state index is 11.3. The molecule has 0 radical (unpaired) electrons. The number of carbonyl (C=O) groups excluding carboxylic acids is 2. The van der Waals surface area contributed by atoms with Crippen LogP contribution < -0.4 is 10.6 Å². The first-order valence-corrected chi connectivity index (χ1v) is 5.71. The molecule has 0 aromatic rings. The summed E-state index contributed by atoms with van der Waals surface area (Å²) in [5.41, 5.74) is 0. The fourth-order valence-electron chi connectivity index (χ4n) is 1.33. The Bertz CT molecular complexity index is 252. The van der Waals surface area contributed by atoms with Gasteiger partial charge in [-0.3, -0.25) is 9.59 Å². The lowest BCUT2D eigenvalue weighted by molar-refractivity contribution is -0.144. The predicted octanol–water partition coefficient (Wildman–Crippen LogP) is 0.0538. The van der Waals surface area contributed by atoms with E-state index in [4.69, 9.17) is 0 Å². The predicted molar refractivity (Wildman–Crippen MR) is 59.8 cm³/mol. The summed E-state index contributed by atoms with van der Waals surface area (Å²) in [6, 6.07) is 0.418. The molecule has 0 aromatic heterocycles. The van der Waals surface area contributed by atoms with Gasteiger partial charge in [-0.1, -0.05) is 6.92 Å². The summed E-state index contributed by atoms with van der Waals surface area (Å²) in [7, 11) is 1.38. The minimum absolute atomic E-state index is 0.0840. The quantitative estimate of drug-likeness (QED) is 0.477. The fourth-order valence-corrected chi connectivity index (χ4v) is 1.33. The number of rotatable bonds is 7. The van der Waals surface area contributed by atoms with E-state index in [1.54, 1.807) is 6.92 Å². The molecule has 16 heavy (non-hydrogen) atoms. The highest BCUT2D eigenvalue weighted by atomic mass is 16.5. The molecule has 0 saturated heterocycles. The van der Waals surface area contributed by atoms with Gasteiger partial charge in [0.15, 0.2) is 0 Å². The van der Waals surface area contributed by atoms with Gasteiger partial charge in [0, 0.05) is 25.6 Å². The van der Waals surface area contributed by atoms with Crippen LogP contribution in [0.15, 0.2) is 0 Å². The first-order valence-electron chi connectivity index (χ1n) is 5.71.